The maximum Gasteiger partial charge on any atom is 0.344 e. The van der Waals surface area contributed by atoms with Crippen LogP contribution in [0.4, 0.5) is 15.8 Å². The standard InChI is InChI=1S/C24H23ClFN3O4/c1-14-12-16(29-10-3-4-11-29)8-9-19(14)27-20(30)13-32-24(31)21-15(2)33-28-23(21)22-17(25)6-5-7-18(22)26/h5-9,12H,3-4,10-11,13H2,1-2H3,(H,27,30). The molecule has 0 radical (unpaired) electrons. The number of hydrogen-bond acceptors (Lipinski definition) is 6. The maximum absolute atomic E-state index is 14.3. The van der Waals surface area contributed by atoms with Gasteiger partial charge in [-0.3, -0.25) is 4.79 Å². The number of nitrogens with one attached hydrogen (secondary N) is 1. The second-order valence-electron chi connectivity index (χ2n) is 7.88. The highest BCUT2D eigenvalue weighted by Crippen LogP contribution is 2.33. The Bertz CT molecular complexity index is 1180. The van der Waals surface area contributed by atoms with Gasteiger partial charge in [-0.05, 0) is 62.6 Å². The van der Waals surface area contributed by atoms with Gasteiger partial charge in [0.25, 0.3) is 5.91 Å². The number of anilines is 2. The molecule has 1 aliphatic heterocycles. The molecule has 0 bridgehead atoms. The summed E-state index contributed by atoms with van der Waals surface area (Å²) in [6.45, 7) is 4.94. The van der Waals surface area contributed by atoms with Crippen molar-refractivity contribution in [3.8, 4) is 11.3 Å². The van der Waals surface area contributed by atoms with Crippen LogP contribution >= 0.6 is 11.6 Å². The second kappa shape index (κ2) is 9.62. The number of nitrogens with zero attached hydrogens (tertiary/aromatic N) is 2. The van der Waals surface area contributed by atoms with E-state index in [1.54, 1.807) is 0 Å². The van der Waals surface area contributed by atoms with Crippen molar-refractivity contribution >= 4 is 34.9 Å². The number of carbonyl (C=O) groups excluding carboxylic acids is 2. The average Bonchev–Trinajstić information content (AvgIpc) is 3.44. The Morgan fingerprint density at radius 3 is 2.67 bits per heavy atom. The third kappa shape index (κ3) is 4.85. The number of aryl methyl sites for hydroxylation is 2. The van der Waals surface area contributed by atoms with Gasteiger partial charge in [0.15, 0.2) is 6.61 Å². The van der Waals surface area contributed by atoms with E-state index in [1.165, 1.54) is 38.0 Å². The minimum Gasteiger partial charge on any atom is -0.452 e. The zero-order valence-corrected chi connectivity index (χ0v) is 19.0. The largest absolute Gasteiger partial charge is 0.452 e. The number of benzene rings is 2. The number of amides is 1. The molecule has 0 unspecified atom stereocenters. The highest BCUT2D eigenvalue weighted by molar-refractivity contribution is 6.33. The van der Waals surface area contributed by atoms with Crippen molar-refractivity contribution in [1.29, 1.82) is 0 Å². The predicted octanol–water partition coefficient (Wildman–Crippen LogP) is 5.15. The smallest absolute Gasteiger partial charge is 0.344 e. The quantitative estimate of drug-likeness (QED) is 0.501. The van der Waals surface area contributed by atoms with Gasteiger partial charge in [0.2, 0.25) is 0 Å². The summed E-state index contributed by atoms with van der Waals surface area (Å²) in [5, 5.41) is 6.60. The summed E-state index contributed by atoms with van der Waals surface area (Å²) < 4.78 is 24.6. The number of esters is 1. The van der Waals surface area contributed by atoms with Crippen molar-refractivity contribution in [3.05, 3.63) is 64.1 Å². The molecule has 172 valence electrons. The van der Waals surface area contributed by atoms with Gasteiger partial charge in [-0.2, -0.15) is 0 Å². The monoisotopic (exact) mass is 471 g/mol. The number of halogens is 2. The summed E-state index contributed by atoms with van der Waals surface area (Å²) >= 11 is 6.09. The molecule has 1 aromatic heterocycles. The van der Waals surface area contributed by atoms with Gasteiger partial charge in [-0.25, -0.2) is 9.18 Å². The second-order valence-corrected chi connectivity index (χ2v) is 8.28. The van der Waals surface area contributed by atoms with Crippen molar-refractivity contribution in [2.75, 3.05) is 29.9 Å². The van der Waals surface area contributed by atoms with Crippen LogP contribution in [-0.2, 0) is 9.53 Å². The third-order valence-corrected chi connectivity index (χ3v) is 5.87. The molecule has 0 aliphatic carbocycles. The number of rotatable bonds is 6. The molecule has 2 heterocycles. The molecule has 0 spiro atoms. The van der Waals surface area contributed by atoms with Gasteiger partial charge in [-0.15, -0.1) is 0 Å². The average molecular weight is 472 g/mol. The zero-order valence-electron chi connectivity index (χ0n) is 18.3. The lowest BCUT2D eigenvalue weighted by Crippen LogP contribution is -2.22. The van der Waals surface area contributed by atoms with Crippen LogP contribution in [0.25, 0.3) is 11.3 Å². The molecular weight excluding hydrogens is 449 g/mol. The van der Waals surface area contributed by atoms with E-state index in [9.17, 15) is 14.0 Å². The van der Waals surface area contributed by atoms with E-state index in [0.717, 1.165) is 24.3 Å². The van der Waals surface area contributed by atoms with Crippen molar-refractivity contribution in [1.82, 2.24) is 5.16 Å². The molecule has 0 atom stereocenters. The van der Waals surface area contributed by atoms with E-state index in [4.69, 9.17) is 20.9 Å². The Hall–Kier alpha value is -3.39. The van der Waals surface area contributed by atoms with Crippen molar-refractivity contribution in [2.24, 2.45) is 0 Å². The van der Waals surface area contributed by atoms with E-state index in [-0.39, 0.29) is 27.6 Å². The molecule has 9 heteroatoms. The minimum absolute atomic E-state index is 0.0684. The van der Waals surface area contributed by atoms with Crippen molar-refractivity contribution in [3.63, 3.8) is 0 Å². The molecule has 1 fully saturated rings. The Kier molecular flexibility index (Phi) is 6.65. The Labute approximate surface area is 195 Å². The summed E-state index contributed by atoms with van der Waals surface area (Å²) in [7, 11) is 0. The Morgan fingerprint density at radius 2 is 1.97 bits per heavy atom. The summed E-state index contributed by atoms with van der Waals surface area (Å²) in [6.07, 6.45) is 2.36. The predicted molar refractivity (Wildman–Crippen MR) is 123 cm³/mol. The number of aromatic nitrogens is 1. The molecule has 33 heavy (non-hydrogen) atoms. The van der Waals surface area contributed by atoms with E-state index >= 15 is 0 Å². The molecule has 1 amide bonds. The summed E-state index contributed by atoms with van der Waals surface area (Å²) in [5.74, 6) is -1.89. The maximum atomic E-state index is 14.3. The van der Waals surface area contributed by atoms with Gasteiger partial charge in [-0.1, -0.05) is 22.8 Å². The number of hydrogen-bond donors (Lipinski definition) is 1. The van der Waals surface area contributed by atoms with Crippen LogP contribution in [-0.4, -0.2) is 36.7 Å². The lowest BCUT2D eigenvalue weighted by molar-refractivity contribution is -0.119. The Balaban J connectivity index is 1.43. The third-order valence-electron chi connectivity index (χ3n) is 5.56. The van der Waals surface area contributed by atoms with Crippen molar-refractivity contribution < 1.29 is 23.2 Å². The van der Waals surface area contributed by atoms with Gasteiger partial charge in [0, 0.05) is 24.5 Å². The SMILES string of the molecule is Cc1cc(N2CCCC2)ccc1NC(=O)COC(=O)c1c(-c2c(F)cccc2Cl)noc1C. The lowest BCUT2D eigenvalue weighted by Gasteiger charge is -2.19. The fraction of sp³-hybridized carbons (Fsp3) is 0.292. The molecule has 1 aliphatic rings. The first-order valence-corrected chi connectivity index (χ1v) is 11.0. The van der Waals surface area contributed by atoms with Gasteiger partial charge in [0.1, 0.15) is 22.8 Å². The summed E-state index contributed by atoms with van der Waals surface area (Å²) in [4.78, 5) is 27.4. The molecule has 3 aromatic rings. The van der Waals surface area contributed by atoms with Crippen LogP contribution in [0.5, 0.6) is 0 Å². The molecule has 7 nitrogen and oxygen atoms in total. The van der Waals surface area contributed by atoms with E-state index in [2.05, 4.69) is 15.4 Å². The summed E-state index contributed by atoms with van der Waals surface area (Å²) in [5.41, 5.74) is 2.44. The topological polar surface area (TPSA) is 84.7 Å². The molecular formula is C24H23ClFN3O4. The summed E-state index contributed by atoms with van der Waals surface area (Å²) in [6, 6.07) is 9.94. The van der Waals surface area contributed by atoms with Gasteiger partial charge >= 0.3 is 5.97 Å². The minimum atomic E-state index is -0.862. The van der Waals surface area contributed by atoms with Crippen molar-refractivity contribution in [2.45, 2.75) is 26.7 Å². The molecule has 4 rings (SSSR count). The number of carbonyl (C=O) groups is 2. The van der Waals surface area contributed by atoms with Crippen LogP contribution in [0.3, 0.4) is 0 Å². The van der Waals surface area contributed by atoms with E-state index < -0.39 is 24.3 Å². The fourth-order valence-corrected chi connectivity index (χ4v) is 4.11. The normalized spacial score (nSPS) is 13.3. The van der Waals surface area contributed by atoms with Crippen LogP contribution in [0.1, 0.15) is 34.5 Å². The Morgan fingerprint density at radius 1 is 1.21 bits per heavy atom. The molecule has 1 N–H and O–H groups in total. The van der Waals surface area contributed by atoms with Crippen LogP contribution in [0.2, 0.25) is 5.02 Å². The van der Waals surface area contributed by atoms with E-state index in [0.29, 0.717) is 5.69 Å². The fourth-order valence-electron chi connectivity index (χ4n) is 3.86. The highest BCUT2D eigenvalue weighted by atomic mass is 35.5. The molecule has 0 saturated carbocycles. The number of ether oxygens (including phenoxy) is 1. The molecule has 2 aromatic carbocycles. The highest BCUT2D eigenvalue weighted by Gasteiger charge is 2.27. The lowest BCUT2D eigenvalue weighted by atomic mass is 10.1. The first-order valence-electron chi connectivity index (χ1n) is 10.6. The van der Waals surface area contributed by atoms with E-state index in [1.807, 2.05) is 25.1 Å². The zero-order chi connectivity index (χ0) is 23.5. The van der Waals surface area contributed by atoms with Crippen LogP contribution in [0.15, 0.2) is 40.9 Å². The van der Waals surface area contributed by atoms with Crippen LogP contribution in [0, 0.1) is 19.7 Å². The van der Waals surface area contributed by atoms with Crippen LogP contribution < -0.4 is 10.2 Å². The van der Waals surface area contributed by atoms with Gasteiger partial charge in [0.05, 0.1) is 10.6 Å². The van der Waals surface area contributed by atoms with Gasteiger partial charge < -0.3 is 19.5 Å². The first kappa shape index (κ1) is 22.8. The first-order chi connectivity index (χ1) is 15.8. The molecule has 1 saturated heterocycles.